The summed E-state index contributed by atoms with van der Waals surface area (Å²) in [5.74, 6) is 1.57. The number of aryl methyl sites for hydroxylation is 1. The lowest BCUT2D eigenvalue weighted by Crippen LogP contribution is -2.04. The van der Waals surface area contributed by atoms with Gasteiger partial charge in [-0.05, 0) is 60.4 Å². The second-order valence-electron chi connectivity index (χ2n) is 7.08. The van der Waals surface area contributed by atoms with E-state index in [9.17, 15) is 0 Å². The standard InChI is InChI=1S/C26H30O3/c1-28-24-17-16-23(26(20-24)29-19-18-27)14-8-9-15-25(21-10-4-2-5-11-21)22-12-6-3-7-13-22/h2-6,10-12,15-17,20,27H,7-9,13-14,18-19H2,1H3. The Bertz CT molecular complexity index is 863. The molecule has 2 aromatic carbocycles. The first-order valence-electron chi connectivity index (χ1n) is 10.3. The molecule has 0 spiro atoms. The van der Waals surface area contributed by atoms with E-state index in [0.29, 0.717) is 6.61 Å². The van der Waals surface area contributed by atoms with Gasteiger partial charge in [-0.3, -0.25) is 0 Å². The maximum absolute atomic E-state index is 9.08. The van der Waals surface area contributed by atoms with E-state index in [4.69, 9.17) is 14.6 Å². The average Bonchev–Trinajstić information content (AvgIpc) is 2.79. The minimum Gasteiger partial charge on any atom is -0.497 e. The number of aliphatic hydroxyl groups is 1. The topological polar surface area (TPSA) is 38.7 Å². The highest BCUT2D eigenvalue weighted by molar-refractivity contribution is 5.79. The van der Waals surface area contributed by atoms with Crippen LogP contribution in [0.2, 0.25) is 0 Å². The molecule has 29 heavy (non-hydrogen) atoms. The molecule has 0 radical (unpaired) electrons. The Kier molecular flexibility index (Phi) is 8.14. The second-order valence-corrected chi connectivity index (χ2v) is 7.08. The molecule has 0 aromatic heterocycles. The number of unbranched alkanes of at least 4 members (excludes halogenated alkanes) is 1. The van der Waals surface area contributed by atoms with Crippen LogP contribution in [0.3, 0.4) is 0 Å². The summed E-state index contributed by atoms with van der Waals surface area (Å²) in [6, 6.07) is 16.6. The summed E-state index contributed by atoms with van der Waals surface area (Å²) in [4.78, 5) is 0. The van der Waals surface area contributed by atoms with E-state index in [1.54, 1.807) is 7.11 Å². The van der Waals surface area contributed by atoms with Crippen molar-refractivity contribution in [3.8, 4) is 11.5 Å². The van der Waals surface area contributed by atoms with Gasteiger partial charge in [0.2, 0.25) is 0 Å². The van der Waals surface area contributed by atoms with Gasteiger partial charge in [0.1, 0.15) is 18.1 Å². The lowest BCUT2D eigenvalue weighted by Gasteiger charge is -2.15. The minimum atomic E-state index is 0.00335. The van der Waals surface area contributed by atoms with E-state index in [1.165, 1.54) is 16.7 Å². The highest BCUT2D eigenvalue weighted by atomic mass is 16.5. The van der Waals surface area contributed by atoms with Crippen molar-refractivity contribution < 1.29 is 14.6 Å². The van der Waals surface area contributed by atoms with Crippen molar-refractivity contribution in [2.24, 2.45) is 0 Å². The SMILES string of the molecule is COc1ccc(CCCC=C(C2=CC=CCC2)c2ccccc2)c(OCCO)c1. The van der Waals surface area contributed by atoms with Crippen molar-refractivity contribution in [3.63, 3.8) is 0 Å². The van der Waals surface area contributed by atoms with E-state index in [0.717, 1.165) is 49.2 Å². The van der Waals surface area contributed by atoms with Gasteiger partial charge in [-0.1, -0.05) is 60.7 Å². The van der Waals surface area contributed by atoms with Crippen LogP contribution >= 0.6 is 0 Å². The predicted molar refractivity (Wildman–Crippen MR) is 119 cm³/mol. The van der Waals surface area contributed by atoms with Gasteiger partial charge < -0.3 is 14.6 Å². The molecule has 1 aliphatic carbocycles. The average molecular weight is 391 g/mol. The summed E-state index contributed by atoms with van der Waals surface area (Å²) in [7, 11) is 1.65. The maximum Gasteiger partial charge on any atom is 0.126 e. The van der Waals surface area contributed by atoms with Crippen molar-refractivity contribution in [1.29, 1.82) is 0 Å². The number of ether oxygens (including phenoxy) is 2. The Balaban J connectivity index is 1.70. The molecule has 3 rings (SSSR count). The third-order valence-corrected chi connectivity index (χ3v) is 5.07. The Labute approximate surface area is 174 Å². The van der Waals surface area contributed by atoms with Gasteiger partial charge in [0.15, 0.2) is 0 Å². The number of aliphatic hydroxyl groups excluding tert-OH is 1. The molecule has 152 valence electrons. The number of rotatable bonds is 10. The summed E-state index contributed by atoms with van der Waals surface area (Å²) in [6.07, 6.45) is 14.1. The van der Waals surface area contributed by atoms with Crippen LogP contribution in [0.5, 0.6) is 11.5 Å². The molecule has 3 nitrogen and oxygen atoms in total. The van der Waals surface area contributed by atoms with Gasteiger partial charge in [-0.15, -0.1) is 0 Å². The number of hydrogen-bond acceptors (Lipinski definition) is 3. The zero-order valence-electron chi connectivity index (χ0n) is 17.1. The summed E-state index contributed by atoms with van der Waals surface area (Å²) in [6.45, 7) is 0.295. The van der Waals surface area contributed by atoms with Crippen LogP contribution in [0.1, 0.15) is 36.8 Å². The van der Waals surface area contributed by atoms with Crippen molar-refractivity contribution in [3.05, 3.63) is 89.5 Å². The largest absolute Gasteiger partial charge is 0.497 e. The molecule has 0 heterocycles. The van der Waals surface area contributed by atoms with Crippen LogP contribution in [0.25, 0.3) is 5.57 Å². The fraction of sp³-hybridized carbons (Fsp3) is 0.308. The highest BCUT2D eigenvalue weighted by Gasteiger charge is 2.10. The van der Waals surface area contributed by atoms with Crippen LogP contribution in [0.15, 0.2) is 78.4 Å². The Hall–Kier alpha value is -2.78. The highest BCUT2D eigenvalue weighted by Crippen LogP contribution is 2.30. The Morgan fingerprint density at radius 1 is 1.14 bits per heavy atom. The van der Waals surface area contributed by atoms with Crippen molar-refractivity contribution in [1.82, 2.24) is 0 Å². The predicted octanol–water partition coefficient (Wildman–Crippen LogP) is 5.75. The van der Waals surface area contributed by atoms with Gasteiger partial charge in [0.05, 0.1) is 13.7 Å². The first kappa shape index (κ1) is 20.9. The normalized spacial score (nSPS) is 13.9. The molecule has 0 unspecified atom stereocenters. The Morgan fingerprint density at radius 2 is 2.00 bits per heavy atom. The van der Waals surface area contributed by atoms with E-state index in [1.807, 2.05) is 12.1 Å². The fourth-order valence-corrected chi connectivity index (χ4v) is 3.58. The monoisotopic (exact) mass is 390 g/mol. The molecule has 0 fully saturated rings. The van der Waals surface area contributed by atoms with Gasteiger partial charge in [0, 0.05) is 6.07 Å². The first-order valence-corrected chi connectivity index (χ1v) is 10.3. The fourth-order valence-electron chi connectivity index (χ4n) is 3.58. The minimum absolute atomic E-state index is 0.00335. The smallest absolute Gasteiger partial charge is 0.126 e. The van der Waals surface area contributed by atoms with Gasteiger partial charge in [0.25, 0.3) is 0 Å². The van der Waals surface area contributed by atoms with E-state index >= 15 is 0 Å². The third kappa shape index (κ3) is 6.10. The zero-order chi connectivity index (χ0) is 20.3. The quantitative estimate of drug-likeness (QED) is 0.525. The van der Waals surface area contributed by atoms with Crippen LogP contribution in [0, 0.1) is 0 Å². The molecule has 0 bridgehead atoms. The summed E-state index contributed by atoms with van der Waals surface area (Å²) in [5.41, 5.74) is 5.19. The molecule has 1 N–H and O–H groups in total. The lowest BCUT2D eigenvalue weighted by molar-refractivity contribution is 0.200. The molecular formula is C26H30O3. The molecule has 0 saturated heterocycles. The maximum atomic E-state index is 9.08. The number of allylic oxidation sites excluding steroid dienone is 6. The van der Waals surface area contributed by atoms with Crippen LogP contribution in [0.4, 0.5) is 0 Å². The van der Waals surface area contributed by atoms with Crippen LogP contribution < -0.4 is 9.47 Å². The lowest BCUT2D eigenvalue weighted by atomic mass is 9.91. The van der Waals surface area contributed by atoms with Crippen molar-refractivity contribution >= 4 is 5.57 Å². The number of methoxy groups -OCH3 is 1. The molecule has 3 heteroatoms. The van der Waals surface area contributed by atoms with Crippen LogP contribution in [-0.2, 0) is 6.42 Å². The molecule has 1 aliphatic rings. The molecular weight excluding hydrogens is 360 g/mol. The van der Waals surface area contributed by atoms with Gasteiger partial charge in [-0.25, -0.2) is 0 Å². The number of hydrogen-bond donors (Lipinski definition) is 1. The Morgan fingerprint density at radius 3 is 2.72 bits per heavy atom. The summed E-state index contributed by atoms with van der Waals surface area (Å²) < 4.78 is 11.0. The van der Waals surface area contributed by atoms with E-state index in [-0.39, 0.29) is 6.61 Å². The van der Waals surface area contributed by atoms with Crippen molar-refractivity contribution in [2.75, 3.05) is 20.3 Å². The molecule has 0 amide bonds. The first-order chi connectivity index (χ1) is 14.3. The third-order valence-electron chi connectivity index (χ3n) is 5.07. The van der Waals surface area contributed by atoms with Crippen LogP contribution in [-0.4, -0.2) is 25.4 Å². The van der Waals surface area contributed by atoms with Crippen molar-refractivity contribution in [2.45, 2.75) is 32.1 Å². The van der Waals surface area contributed by atoms with Gasteiger partial charge in [-0.2, -0.15) is 0 Å². The molecule has 0 atom stereocenters. The molecule has 0 saturated carbocycles. The number of benzene rings is 2. The summed E-state index contributed by atoms with van der Waals surface area (Å²) >= 11 is 0. The second kappa shape index (κ2) is 11.3. The molecule has 0 aliphatic heterocycles. The zero-order valence-corrected chi connectivity index (χ0v) is 17.1. The van der Waals surface area contributed by atoms with E-state index in [2.05, 4.69) is 60.7 Å². The van der Waals surface area contributed by atoms with Gasteiger partial charge >= 0.3 is 0 Å². The summed E-state index contributed by atoms with van der Waals surface area (Å²) in [5, 5.41) is 9.08. The molecule has 2 aromatic rings. The van der Waals surface area contributed by atoms with E-state index < -0.39 is 0 Å².